The van der Waals surface area contributed by atoms with Crippen molar-refractivity contribution in [1.29, 1.82) is 0 Å². The van der Waals surface area contributed by atoms with Crippen molar-refractivity contribution in [2.75, 3.05) is 6.54 Å². The molecule has 3 N–H and O–H groups in total. The quantitative estimate of drug-likeness (QED) is 0.621. The number of nitrogens with one attached hydrogen (secondary N) is 1. The smallest absolute Gasteiger partial charge is 0.351 e. The van der Waals surface area contributed by atoms with Crippen molar-refractivity contribution in [2.24, 2.45) is 5.73 Å². The van der Waals surface area contributed by atoms with Gasteiger partial charge in [0.25, 0.3) is 0 Å². The minimum atomic E-state index is -0.398. The summed E-state index contributed by atoms with van der Waals surface area (Å²) in [6.07, 6.45) is 0.757. The van der Waals surface area contributed by atoms with Gasteiger partial charge in [-0.15, -0.1) is 5.10 Å². The first-order valence-electron chi connectivity index (χ1n) is 9.43. The fourth-order valence-corrected chi connectivity index (χ4v) is 3.22. The largest absolute Gasteiger partial charge is 0.352 e. The Morgan fingerprint density at radius 2 is 1.93 bits per heavy atom. The Morgan fingerprint density at radius 3 is 2.55 bits per heavy atom. The van der Waals surface area contributed by atoms with E-state index >= 15 is 0 Å². The molecule has 7 nitrogen and oxygen atoms in total. The normalized spacial score (nSPS) is 11.1. The molecule has 0 saturated heterocycles. The topological polar surface area (TPSA) is 94.9 Å². The van der Waals surface area contributed by atoms with Crippen LogP contribution in [0.3, 0.4) is 0 Å². The number of hydrogen-bond donors (Lipinski definition) is 2. The second kappa shape index (κ2) is 9.07. The summed E-state index contributed by atoms with van der Waals surface area (Å²) in [6, 6.07) is 14.5. The molecule has 0 fully saturated rings. The predicted molar refractivity (Wildman–Crippen MR) is 114 cm³/mol. The van der Waals surface area contributed by atoms with Crippen LogP contribution < -0.4 is 16.7 Å². The molecule has 0 radical (unpaired) electrons. The van der Waals surface area contributed by atoms with E-state index in [2.05, 4.69) is 10.4 Å². The van der Waals surface area contributed by atoms with Crippen LogP contribution in [-0.2, 0) is 17.8 Å². The van der Waals surface area contributed by atoms with Gasteiger partial charge in [-0.1, -0.05) is 35.9 Å². The van der Waals surface area contributed by atoms with Gasteiger partial charge in [0.1, 0.15) is 6.54 Å². The molecule has 1 amide bonds. The lowest BCUT2D eigenvalue weighted by atomic mass is 10.1. The average Bonchev–Trinajstić information content (AvgIpc) is 2.98. The van der Waals surface area contributed by atoms with Crippen molar-refractivity contribution in [1.82, 2.24) is 19.7 Å². The van der Waals surface area contributed by atoms with Crippen LogP contribution in [0.25, 0.3) is 17.1 Å². The Labute approximate surface area is 174 Å². The molecule has 152 valence electrons. The van der Waals surface area contributed by atoms with Crippen LogP contribution in [-0.4, -0.2) is 32.8 Å². The van der Waals surface area contributed by atoms with Gasteiger partial charge < -0.3 is 11.1 Å². The van der Waals surface area contributed by atoms with Crippen LogP contribution in [0.4, 0.5) is 0 Å². The van der Waals surface area contributed by atoms with Gasteiger partial charge in [0, 0.05) is 16.6 Å². The monoisotopic (exact) mass is 413 g/mol. The fraction of sp³-hybridized carbons (Fsp3) is 0.286. The first-order valence-corrected chi connectivity index (χ1v) is 9.81. The third-order valence-electron chi connectivity index (χ3n) is 4.31. The molecular formula is C21H24ClN5O2. The Kier molecular flexibility index (Phi) is 6.51. The molecular weight excluding hydrogens is 390 g/mol. The summed E-state index contributed by atoms with van der Waals surface area (Å²) in [6.45, 7) is 4.15. The van der Waals surface area contributed by atoms with E-state index in [0.29, 0.717) is 28.6 Å². The van der Waals surface area contributed by atoms with Gasteiger partial charge in [0.15, 0.2) is 5.82 Å². The lowest BCUT2D eigenvalue weighted by Gasteiger charge is -2.09. The molecule has 3 rings (SSSR count). The minimum absolute atomic E-state index is 0.0297. The van der Waals surface area contributed by atoms with Gasteiger partial charge in [0.2, 0.25) is 5.91 Å². The van der Waals surface area contributed by atoms with E-state index in [9.17, 15) is 9.59 Å². The number of carbonyl (C=O) groups is 1. The van der Waals surface area contributed by atoms with Crippen molar-refractivity contribution in [2.45, 2.75) is 32.9 Å². The lowest BCUT2D eigenvalue weighted by molar-refractivity contribution is -0.122. The zero-order valence-corrected chi connectivity index (χ0v) is 17.2. The van der Waals surface area contributed by atoms with Crippen LogP contribution in [0.1, 0.15) is 19.4 Å². The van der Waals surface area contributed by atoms with Crippen molar-refractivity contribution >= 4 is 17.5 Å². The standard InChI is InChI=1S/C21H24ClN5O2/c1-14(2)24-19(28)13-26-20(16-4-3-5-17(22)12-16)25-27(21(26)29)18-8-6-15(7-9-18)10-11-23/h3-9,12,14H,10-11,13,23H2,1-2H3,(H,24,28). The van der Waals surface area contributed by atoms with E-state index in [1.54, 1.807) is 24.3 Å². The summed E-state index contributed by atoms with van der Waals surface area (Å²) >= 11 is 6.12. The summed E-state index contributed by atoms with van der Waals surface area (Å²) < 4.78 is 2.66. The summed E-state index contributed by atoms with van der Waals surface area (Å²) in [5, 5.41) is 7.83. The zero-order valence-electron chi connectivity index (χ0n) is 16.4. The molecule has 1 aromatic heterocycles. The van der Waals surface area contributed by atoms with Crippen LogP contribution >= 0.6 is 11.6 Å². The SMILES string of the molecule is CC(C)NC(=O)Cn1c(-c2cccc(Cl)c2)nn(-c2ccc(CCN)cc2)c1=O. The predicted octanol–water partition coefficient (Wildman–Crippen LogP) is 2.38. The molecule has 2 aromatic carbocycles. The summed E-state index contributed by atoms with van der Waals surface area (Å²) in [7, 11) is 0. The van der Waals surface area contributed by atoms with E-state index in [1.165, 1.54) is 9.25 Å². The lowest BCUT2D eigenvalue weighted by Crippen LogP contribution is -2.36. The molecule has 0 bridgehead atoms. The number of benzene rings is 2. The van der Waals surface area contributed by atoms with Gasteiger partial charge in [-0.3, -0.25) is 9.36 Å². The molecule has 0 aliphatic heterocycles. The number of amides is 1. The number of hydrogen-bond acceptors (Lipinski definition) is 4. The van der Waals surface area contributed by atoms with E-state index in [4.69, 9.17) is 17.3 Å². The van der Waals surface area contributed by atoms with Gasteiger partial charge in [0.05, 0.1) is 5.69 Å². The molecule has 0 saturated carbocycles. The number of nitrogens with zero attached hydrogens (tertiary/aromatic N) is 3. The highest BCUT2D eigenvalue weighted by molar-refractivity contribution is 6.30. The molecule has 3 aromatic rings. The molecule has 1 heterocycles. The number of carbonyl (C=O) groups excluding carboxylic acids is 1. The third-order valence-corrected chi connectivity index (χ3v) is 4.55. The Hall–Kier alpha value is -2.90. The Balaban J connectivity index is 2.07. The highest BCUT2D eigenvalue weighted by Crippen LogP contribution is 2.21. The molecule has 8 heteroatoms. The van der Waals surface area contributed by atoms with Gasteiger partial charge in [-0.05, 0) is 56.6 Å². The summed E-state index contributed by atoms with van der Waals surface area (Å²) in [5.41, 5.74) is 7.55. The second-order valence-electron chi connectivity index (χ2n) is 7.04. The molecule has 0 atom stereocenters. The number of halogens is 1. The summed E-state index contributed by atoms with van der Waals surface area (Å²) in [5.74, 6) is 0.116. The first kappa shape index (κ1) is 20.8. The molecule has 0 aliphatic carbocycles. The minimum Gasteiger partial charge on any atom is -0.352 e. The Morgan fingerprint density at radius 1 is 1.21 bits per heavy atom. The maximum atomic E-state index is 13.1. The van der Waals surface area contributed by atoms with Crippen LogP contribution in [0.5, 0.6) is 0 Å². The van der Waals surface area contributed by atoms with E-state index in [1.807, 2.05) is 38.1 Å². The molecule has 0 aliphatic rings. The second-order valence-corrected chi connectivity index (χ2v) is 7.48. The van der Waals surface area contributed by atoms with E-state index < -0.39 is 5.69 Å². The van der Waals surface area contributed by atoms with E-state index in [0.717, 1.165) is 12.0 Å². The zero-order chi connectivity index (χ0) is 21.0. The van der Waals surface area contributed by atoms with Gasteiger partial charge in [-0.25, -0.2) is 4.79 Å². The molecule has 29 heavy (non-hydrogen) atoms. The maximum absolute atomic E-state index is 13.1. The van der Waals surface area contributed by atoms with Crippen LogP contribution in [0, 0.1) is 0 Å². The Bertz CT molecular complexity index is 1050. The molecule has 0 unspecified atom stereocenters. The van der Waals surface area contributed by atoms with Crippen LogP contribution in [0.2, 0.25) is 5.02 Å². The first-order chi connectivity index (χ1) is 13.9. The number of rotatable bonds is 7. The van der Waals surface area contributed by atoms with Gasteiger partial charge in [-0.2, -0.15) is 4.68 Å². The highest BCUT2D eigenvalue weighted by Gasteiger charge is 2.19. The molecule has 0 spiro atoms. The van der Waals surface area contributed by atoms with Crippen molar-refractivity contribution in [3.63, 3.8) is 0 Å². The van der Waals surface area contributed by atoms with Crippen molar-refractivity contribution in [3.05, 3.63) is 69.6 Å². The summed E-state index contributed by atoms with van der Waals surface area (Å²) in [4.78, 5) is 25.5. The van der Waals surface area contributed by atoms with E-state index in [-0.39, 0.29) is 18.5 Å². The van der Waals surface area contributed by atoms with Crippen molar-refractivity contribution < 1.29 is 4.79 Å². The fourth-order valence-electron chi connectivity index (χ4n) is 3.03. The third kappa shape index (κ3) is 4.93. The van der Waals surface area contributed by atoms with Crippen molar-refractivity contribution in [3.8, 4) is 17.1 Å². The maximum Gasteiger partial charge on any atom is 0.351 e. The number of aromatic nitrogens is 3. The highest BCUT2D eigenvalue weighted by atomic mass is 35.5. The van der Waals surface area contributed by atoms with Crippen LogP contribution in [0.15, 0.2) is 53.3 Å². The van der Waals surface area contributed by atoms with Gasteiger partial charge >= 0.3 is 5.69 Å². The number of nitrogens with two attached hydrogens (primary N) is 1. The average molecular weight is 414 g/mol.